The first-order valence-corrected chi connectivity index (χ1v) is 18.0. The van der Waals surface area contributed by atoms with Crippen molar-refractivity contribution >= 4 is 47.1 Å². The maximum absolute atomic E-state index is 13.1. The van der Waals surface area contributed by atoms with Crippen LogP contribution in [-0.2, 0) is 0 Å². The Bertz CT molecular complexity index is 1270. The van der Waals surface area contributed by atoms with Gasteiger partial charge in [-0.05, 0) is 75.4 Å². The van der Waals surface area contributed by atoms with E-state index in [2.05, 4.69) is 94.7 Å². The molecule has 0 spiro atoms. The predicted octanol–water partition coefficient (Wildman–Crippen LogP) is 7.04. The molecule has 2 fully saturated rings. The molecule has 2 aliphatic heterocycles. The monoisotopic (exact) mass is 528 g/mol. The van der Waals surface area contributed by atoms with E-state index in [0.29, 0.717) is 0 Å². The molecule has 0 unspecified atom stereocenters. The van der Waals surface area contributed by atoms with Crippen LogP contribution in [-0.4, -0.2) is 51.7 Å². The molecule has 202 valence electrons. The van der Waals surface area contributed by atoms with Gasteiger partial charge in [0.05, 0.1) is 13.8 Å². The van der Waals surface area contributed by atoms with Gasteiger partial charge >= 0.3 is 6.03 Å². The van der Waals surface area contributed by atoms with E-state index in [1.54, 1.807) is 0 Å². The minimum absolute atomic E-state index is 0.197. The van der Waals surface area contributed by atoms with E-state index >= 15 is 0 Å². The maximum atomic E-state index is 13.1. The van der Waals surface area contributed by atoms with Crippen molar-refractivity contribution in [3.8, 4) is 0 Å². The average Bonchev–Trinajstić information content (AvgIpc) is 2.91. The molecule has 0 atom stereocenters. The van der Waals surface area contributed by atoms with Crippen LogP contribution in [0.4, 0.5) is 21.9 Å². The second-order valence-corrected chi connectivity index (χ2v) is 17.4. The Morgan fingerprint density at radius 1 is 0.842 bits per heavy atom. The predicted molar refractivity (Wildman–Crippen MR) is 166 cm³/mol. The molecular formula is C32H44N4OSi. The SMILES string of the molecule is Cc1ccc([Si](C)(C)C)cc1NC(=O)Nc1ccc(N2CCC(CN3CCCCC3)CC2)c2ccccc12. The van der Waals surface area contributed by atoms with E-state index in [1.807, 2.05) is 6.92 Å². The first-order chi connectivity index (χ1) is 18.3. The third-order valence-corrected chi connectivity index (χ3v) is 10.5. The Labute approximate surface area is 229 Å². The summed E-state index contributed by atoms with van der Waals surface area (Å²) in [6, 6.07) is 19.0. The summed E-state index contributed by atoms with van der Waals surface area (Å²) >= 11 is 0. The number of nitrogens with zero attached hydrogens (tertiary/aromatic N) is 2. The molecule has 2 heterocycles. The number of fused-ring (bicyclic) bond motifs is 1. The molecular weight excluding hydrogens is 484 g/mol. The van der Waals surface area contributed by atoms with E-state index in [-0.39, 0.29) is 6.03 Å². The molecule has 5 nitrogen and oxygen atoms in total. The third kappa shape index (κ3) is 6.24. The van der Waals surface area contributed by atoms with Crippen molar-refractivity contribution < 1.29 is 4.79 Å². The van der Waals surface area contributed by atoms with Crippen molar-refractivity contribution in [2.75, 3.05) is 48.3 Å². The summed E-state index contributed by atoms with van der Waals surface area (Å²) in [6.07, 6.45) is 6.65. The third-order valence-electron chi connectivity index (χ3n) is 8.42. The van der Waals surface area contributed by atoms with Crippen molar-refractivity contribution in [2.24, 2.45) is 5.92 Å². The number of anilines is 3. The highest BCUT2D eigenvalue weighted by atomic mass is 28.3. The Morgan fingerprint density at radius 3 is 2.24 bits per heavy atom. The number of nitrogens with one attached hydrogen (secondary N) is 2. The number of hydrogen-bond donors (Lipinski definition) is 2. The number of urea groups is 1. The summed E-state index contributed by atoms with van der Waals surface area (Å²) in [5, 5.41) is 9.88. The fraction of sp³-hybridized carbons (Fsp3) is 0.469. The zero-order valence-electron chi connectivity index (χ0n) is 23.6. The highest BCUT2D eigenvalue weighted by molar-refractivity contribution is 6.88. The van der Waals surface area contributed by atoms with Gasteiger partial charge in [0.15, 0.2) is 0 Å². The number of likely N-dealkylation sites (tertiary alicyclic amines) is 1. The van der Waals surface area contributed by atoms with Crippen LogP contribution in [0, 0.1) is 12.8 Å². The lowest BCUT2D eigenvalue weighted by atomic mass is 9.94. The van der Waals surface area contributed by atoms with Crippen LogP contribution in [0.15, 0.2) is 54.6 Å². The van der Waals surface area contributed by atoms with Gasteiger partial charge in [-0.1, -0.05) is 67.6 Å². The first-order valence-electron chi connectivity index (χ1n) is 14.5. The fourth-order valence-electron chi connectivity index (χ4n) is 6.03. The standard InChI is InChI=1S/C32H44N4OSi/c1-24-12-13-26(38(2,3)4)22-30(24)34-32(37)33-29-14-15-31(28-11-7-6-10-27(28)29)36-20-16-25(17-21-36)23-35-18-8-5-9-19-35/h6-7,10-15,22,25H,5,8-9,16-21,23H2,1-4H3,(H2,33,34,37). The Balaban J connectivity index is 1.28. The molecule has 0 radical (unpaired) electrons. The molecule has 38 heavy (non-hydrogen) atoms. The summed E-state index contributed by atoms with van der Waals surface area (Å²) in [5.74, 6) is 0.808. The zero-order valence-corrected chi connectivity index (χ0v) is 24.6. The second-order valence-electron chi connectivity index (χ2n) is 12.3. The van der Waals surface area contributed by atoms with Crippen molar-refractivity contribution in [1.29, 1.82) is 0 Å². The quantitative estimate of drug-likeness (QED) is 0.337. The van der Waals surface area contributed by atoms with Gasteiger partial charge in [-0.3, -0.25) is 0 Å². The number of benzene rings is 3. The summed E-state index contributed by atoms with van der Waals surface area (Å²) in [6.45, 7) is 15.1. The minimum atomic E-state index is -1.47. The Kier molecular flexibility index (Phi) is 8.10. The van der Waals surface area contributed by atoms with Gasteiger partial charge in [0, 0.05) is 41.8 Å². The van der Waals surface area contributed by atoms with Crippen LogP contribution in [0.5, 0.6) is 0 Å². The summed E-state index contributed by atoms with van der Waals surface area (Å²) in [7, 11) is -1.47. The zero-order chi connectivity index (χ0) is 26.7. The average molecular weight is 529 g/mol. The summed E-state index contributed by atoms with van der Waals surface area (Å²) in [4.78, 5) is 18.3. The van der Waals surface area contributed by atoms with E-state index < -0.39 is 8.07 Å². The molecule has 2 amide bonds. The second kappa shape index (κ2) is 11.5. The normalized spacial score (nSPS) is 17.5. The molecule has 2 saturated heterocycles. The molecule has 3 aromatic rings. The number of piperidine rings is 2. The highest BCUT2D eigenvalue weighted by Crippen LogP contribution is 2.35. The van der Waals surface area contributed by atoms with Crippen molar-refractivity contribution in [2.45, 2.75) is 58.7 Å². The van der Waals surface area contributed by atoms with E-state index in [4.69, 9.17) is 0 Å². The number of carbonyl (C=O) groups is 1. The van der Waals surface area contributed by atoms with Gasteiger partial charge in [-0.25, -0.2) is 4.79 Å². The van der Waals surface area contributed by atoms with Crippen molar-refractivity contribution in [3.05, 3.63) is 60.2 Å². The number of hydrogen-bond acceptors (Lipinski definition) is 3. The van der Waals surface area contributed by atoms with E-state index in [0.717, 1.165) is 41.3 Å². The van der Waals surface area contributed by atoms with Crippen LogP contribution in [0.2, 0.25) is 19.6 Å². The lowest BCUT2D eigenvalue weighted by Gasteiger charge is -2.37. The number of carbonyl (C=O) groups excluding carboxylic acids is 1. The maximum Gasteiger partial charge on any atom is 0.323 e. The lowest BCUT2D eigenvalue weighted by molar-refractivity contribution is 0.181. The van der Waals surface area contributed by atoms with Gasteiger partial charge in [0.1, 0.15) is 0 Å². The van der Waals surface area contributed by atoms with Crippen LogP contribution in [0.3, 0.4) is 0 Å². The largest absolute Gasteiger partial charge is 0.371 e. The lowest BCUT2D eigenvalue weighted by Crippen LogP contribution is -2.40. The molecule has 5 rings (SSSR count). The van der Waals surface area contributed by atoms with Crippen LogP contribution < -0.4 is 20.7 Å². The first kappa shape index (κ1) is 26.8. The van der Waals surface area contributed by atoms with E-state index in [1.165, 1.54) is 68.0 Å². The summed E-state index contributed by atoms with van der Waals surface area (Å²) in [5.41, 5.74) is 4.09. The summed E-state index contributed by atoms with van der Waals surface area (Å²) < 4.78 is 0. The van der Waals surface area contributed by atoms with Crippen molar-refractivity contribution in [1.82, 2.24) is 4.90 Å². The molecule has 2 N–H and O–H groups in total. The van der Waals surface area contributed by atoms with Crippen LogP contribution in [0.1, 0.15) is 37.7 Å². The molecule has 0 aliphatic carbocycles. The topological polar surface area (TPSA) is 47.6 Å². The number of amides is 2. The highest BCUT2D eigenvalue weighted by Gasteiger charge is 2.24. The molecule has 6 heteroatoms. The number of aryl methyl sites for hydroxylation is 1. The van der Waals surface area contributed by atoms with Crippen LogP contribution >= 0.6 is 0 Å². The van der Waals surface area contributed by atoms with E-state index in [9.17, 15) is 4.79 Å². The van der Waals surface area contributed by atoms with Gasteiger partial charge in [-0.15, -0.1) is 0 Å². The van der Waals surface area contributed by atoms with Crippen LogP contribution in [0.25, 0.3) is 10.8 Å². The van der Waals surface area contributed by atoms with Gasteiger partial charge in [0.2, 0.25) is 0 Å². The fourth-order valence-corrected chi connectivity index (χ4v) is 7.19. The van der Waals surface area contributed by atoms with Gasteiger partial charge in [0.25, 0.3) is 0 Å². The molecule has 3 aromatic carbocycles. The van der Waals surface area contributed by atoms with Crippen molar-refractivity contribution in [3.63, 3.8) is 0 Å². The smallest absolute Gasteiger partial charge is 0.323 e. The Morgan fingerprint density at radius 2 is 1.53 bits per heavy atom. The van der Waals surface area contributed by atoms with Gasteiger partial charge < -0.3 is 20.4 Å². The number of rotatable bonds is 6. The molecule has 2 aliphatic rings. The van der Waals surface area contributed by atoms with Gasteiger partial charge in [-0.2, -0.15) is 0 Å². The molecule has 0 saturated carbocycles. The minimum Gasteiger partial charge on any atom is -0.371 e. The molecule has 0 aromatic heterocycles. The molecule has 0 bridgehead atoms. The Hall–Kier alpha value is -2.83.